The predicted octanol–water partition coefficient (Wildman–Crippen LogP) is 5.54. The number of ether oxygens (including phenoxy) is 2. The van der Waals surface area contributed by atoms with Crippen LogP contribution in [0, 0.1) is 0 Å². The molecule has 0 spiro atoms. The highest BCUT2D eigenvalue weighted by atomic mass is 35.5. The van der Waals surface area contributed by atoms with Gasteiger partial charge >= 0.3 is 6.61 Å². The Morgan fingerprint density at radius 3 is 2.88 bits per heavy atom. The lowest BCUT2D eigenvalue weighted by molar-refractivity contribution is -0.0514. The van der Waals surface area contributed by atoms with E-state index in [-0.39, 0.29) is 22.4 Å². The van der Waals surface area contributed by atoms with Crippen molar-refractivity contribution in [2.75, 3.05) is 6.61 Å². The first-order chi connectivity index (χ1) is 12.6. The van der Waals surface area contributed by atoms with Gasteiger partial charge in [0.2, 0.25) is 5.82 Å². The van der Waals surface area contributed by atoms with Crippen molar-refractivity contribution in [3.8, 4) is 22.2 Å². The van der Waals surface area contributed by atoms with E-state index in [0.29, 0.717) is 18.0 Å². The summed E-state index contributed by atoms with van der Waals surface area (Å²) >= 11 is 7.72. The van der Waals surface area contributed by atoms with E-state index in [1.807, 2.05) is 17.5 Å². The van der Waals surface area contributed by atoms with Gasteiger partial charge in [0.1, 0.15) is 5.03 Å². The van der Waals surface area contributed by atoms with Gasteiger partial charge in [0.05, 0.1) is 11.5 Å². The van der Waals surface area contributed by atoms with Crippen molar-refractivity contribution < 1.29 is 22.8 Å². The molecule has 2 heterocycles. The summed E-state index contributed by atoms with van der Waals surface area (Å²) in [5.41, 5.74) is 0.607. The number of nitrogens with zero attached hydrogens (tertiary/aromatic N) is 2. The quantitative estimate of drug-likeness (QED) is 0.523. The van der Waals surface area contributed by atoms with E-state index in [0.717, 1.165) is 4.88 Å². The van der Waals surface area contributed by atoms with Crippen LogP contribution in [0.1, 0.15) is 18.4 Å². The second-order valence-corrected chi connectivity index (χ2v) is 6.27. The lowest BCUT2D eigenvalue weighted by Gasteiger charge is -2.11. The Morgan fingerprint density at radius 2 is 2.19 bits per heavy atom. The summed E-state index contributed by atoms with van der Waals surface area (Å²) in [6.45, 7) is -0.895. The smallest absolute Gasteiger partial charge is 0.387 e. The zero-order chi connectivity index (χ0) is 18.5. The largest absolute Gasteiger partial charge is 0.490 e. The van der Waals surface area contributed by atoms with Gasteiger partial charge in [-0.3, -0.25) is 0 Å². The Bertz CT molecular complexity index is 897. The number of benzene rings is 1. The molecule has 0 saturated heterocycles. The molecule has 5 nitrogen and oxygen atoms in total. The van der Waals surface area contributed by atoms with Gasteiger partial charge in [0.15, 0.2) is 11.5 Å². The van der Waals surface area contributed by atoms with Crippen LogP contribution in [0.25, 0.3) is 21.8 Å². The first-order valence-electron chi connectivity index (χ1n) is 7.53. The van der Waals surface area contributed by atoms with Crippen molar-refractivity contribution in [2.45, 2.75) is 13.5 Å². The van der Waals surface area contributed by atoms with Crippen molar-refractivity contribution in [1.29, 1.82) is 0 Å². The second kappa shape index (κ2) is 8.29. The molecule has 0 fully saturated rings. The van der Waals surface area contributed by atoms with Crippen LogP contribution in [-0.4, -0.2) is 23.4 Å². The maximum Gasteiger partial charge on any atom is 0.387 e. The van der Waals surface area contributed by atoms with Crippen molar-refractivity contribution in [3.63, 3.8) is 0 Å². The zero-order valence-electron chi connectivity index (χ0n) is 13.5. The Kier molecular flexibility index (Phi) is 5.85. The molecule has 0 saturated carbocycles. The first kappa shape index (κ1) is 18.3. The minimum atomic E-state index is -2.94. The summed E-state index contributed by atoms with van der Waals surface area (Å²) in [6, 6.07) is 8.25. The number of alkyl halides is 2. The third-order valence-electron chi connectivity index (χ3n) is 3.15. The number of aromatic nitrogens is 2. The Balaban J connectivity index is 1.85. The van der Waals surface area contributed by atoms with Gasteiger partial charge in [-0.05, 0) is 42.1 Å². The molecule has 0 aliphatic rings. The van der Waals surface area contributed by atoms with Gasteiger partial charge in [-0.1, -0.05) is 28.9 Å². The fourth-order valence-electron chi connectivity index (χ4n) is 2.11. The van der Waals surface area contributed by atoms with E-state index >= 15 is 0 Å². The summed E-state index contributed by atoms with van der Waals surface area (Å²) in [5.74, 6) is 0.738. The Morgan fingerprint density at radius 1 is 1.35 bits per heavy atom. The highest BCUT2D eigenvalue weighted by molar-refractivity contribution is 7.13. The topological polar surface area (TPSA) is 57.4 Å². The van der Waals surface area contributed by atoms with Crippen LogP contribution in [-0.2, 0) is 0 Å². The zero-order valence-corrected chi connectivity index (χ0v) is 15.1. The van der Waals surface area contributed by atoms with Crippen LogP contribution in [0.4, 0.5) is 8.78 Å². The van der Waals surface area contributed by atoms with Gasteiger partial charge in [0.25, 0.3) is 5.89 Å². The molecule has 136 valence electrons. The van der Waals surface area contributed by atoms with E-state index in [9.17, 15) is 8.78 Å². The van der Waals surface area contributed by atoms with Crippen LogP contribution in [0.15, 0.2) is 40.2 Å². The maximum atomic E-state index is 12.5. The van der Waals surface area contributed by atoms with Gasteiger partial charge in [0, 0.05) is 0 Å². The molecule has 0 N–H and O–H groups in total. The molecule has 1 aromatic carbocycles. The lowest BCUT2D eigenvalue weighted by atomic mass is 10.2. The molecule has 0 unspecified atom stereocenters. The molecular formula is C17H13ClF2N2O3S. The minimum absolute atomic E-state index is 0.0482. The van der Waals surface area contributed by atoms with Crippen molar-refractivity contribution in [1.82, 2.24) is 10.1 Å². The SMILES string of the molecule is CCOc1cc(/C=C(\Cl)c2nc(-c3cccs3)no2)ccc1OC(F)F. The fraction of sp³-hybridized carbons (Fsp3) is 0.176. The monoisotopic (exact) mass is 398 g/mol. The van der Waals surface area contributed by atoms with E-state index in [1.165, 1.54) is 17.4 Å². The highest BCUT2D eigenvalue weighted by Gasteiger charge is 2.14. The van der Waals surface area contributed by atoms with E-state index in [4.69, 9.17) is 20.9 Å². The molecule has 3 aromatic rings. The molecule has 26 heavy (non-hydrogen) atoms. The van der Waals surface area contributed by atoms with Crippen LogP contribution < -0.4 is 9.47 Å². The molecular weight excluding hydrogens is 386 g/mol. The molecule has 0 atom stereocenters. The number of rotatable bonds is 7. The van der Waals surface area contributed by atoms with Crippen LogP contribution in [0.3, 0.4) is 0 Å². The summed E-state index contributed by atoms with van der Waals surface area (Å²) in [5, 5.41) is 6.00. The van der Waals surface area contributed by atoms with Gasteiger partial charge in [-0.2, -0.15) is 13.8 Å². The summed E-state index contributed by atoms with van der Waals surface area (Å²) in [4.78, 5) is 5.10. The molecule has 0 aliphatic heterocycles. The van der Waals surface area contributed by atoms with Crippen molar-refractivity contribution in [3.05, 3.63) is 47.2 Å². The fourth-order valence-corrected chi connectivity index (χ4v) is 2.96. The van der Waals surface area contributed by atoms with Gasteiger partial charge in [-0.25, -0.2) is 0 Å². The molecule has 0 amide bonds. The Hall–Kier alpha value is -2.45. The van der Waals surface area contributed by atoms with E-state index < -0.39 is 6.61 Å². The first-order valence-corrected chi connectivity index (χ1v) is 8.79. The lowest BCUT2D eigenvalue weighted by Crippen LogP contribution is -2.04. The van der Waals surface area contributed by atoms with Crippen molar-refractivity contribution in [2.24, 2.45) is 0 Å². The molecule has 3 rings (SSSR count). The molecule has 9 heteroatoms. The number of hydrogen-bond acceptors (Lipinski definition) is 6. The number of thiophene rings is 1. The van der Waals surface area contributed by atoms with Crippen LogP contribution in [0.5, 0.6) is 11.5 Å². The minimum Gasteiger partial charge on any atom is -0.490 e. The third kappa shape index (κ3) is 4.39. The molecule has 0 bridgehead atoms. The van der Waals surface area contributed by atoms with Crippen molar-refractivity contribution >= 4 is 34.0 Å². The third-order valence-corrected chi connectivity index (χ3v) is 4.29. The van der Waals surface area contributed by atoms with Crippen LogP contribution >= 0.6 is 22.9 Å². The number of halogens is 3. The normalized spacial score (nSPS) is 11.8. The van der Waals surface area contributed by atoms with E-state index in [1.54, 1.807) is 25.1 Å². The summed E-state index contributed by atoms with van der Waals surface area (Å²) in [6.07, 6.45) is 1.57. The number of hydrogen-bond donors (Lipinski definition) is 0. The summed E-state index contributed by atoms with van der Waals surface area (Å²) < 4.78 is 39.8. The average Bonchev–Trinajstić information content (AvgIpc) is 3.28. The maximum absolute atomic E-state index is 12.5. The predicted molar refractivity (Wildman–Crippen MR) is 95.6 cm³/mol. The molecule has 0 aliphatic carbocycles. The molecule has 0 radical (unpaired) electrons. The molecule has 2 aromatic heterocycles. The highest BCUT2D eigenvalue weighted by Crippen LogP contribution is 2.32. The van der Waals surface area contributed by atoms with E-state index in [2.05, 4.69) is 14.9 Å². The van der Waals surface area contributed by atoms with Gasteiger partial charge in [-0.15, -0.1) is 11.3 Å². The van der Waals surface area contributed by atoms with Gasteiger partial charge < -0.3 is 14.0 Å². The standard InChI is InChI=1S/C17H13ClF2N2O3S/c1-2-23-13-9-10(5-6-12(13)24-17(19)20)8-11(18)16-21-15(22-25-16)14-4-3-7-26-14/h3-9,17H,2H2,1H3/b11-8-. The van der Waals surface area contributed by atoms with Crippen LogP contribution in [0.2, 0.25) is 0 Å². The Labute approximate surface area is 156 Å². The second-order valence-electron chi connectivity index (χ2n) is 4.91. The summed E-state index contributed by atoms with van der Waals surface area (Å²) in [7, 11) is 0. The average molecular weight is 399 g/mol.